The van der Waals surface area contributed by atoms with Crippen LogP contribution in [-0.4, -0.2) is 79.5 Å². The molecule has 12 heteroatoms. The van der Waals surface area contributed by atoms with E-state index < -0.39 is 60.7 Å². The Morgan fingerprint density at radius 2 is 1.76 bits per heavy atom. The molecule has 1 fully saturated rings. The number of benzene rings is 2. The van der Waals surface area contributed by atoms with Crippen molar-refractivity contribution in [3.8, 4) is 23.0 Å². The van der Waals surface area contributed by atoms with E-state index in [1.54, 1.807) is 12.1 Å². The third-order valence-corrected chi connectivity index (χ3v) is 7.08. The van der Waals surface area contributed by atoms with E-state index in [0.29, 0.717) is 16.5 Å². The number of phenolic OH excluding ortho intramolecular Hbond substituents is 2. The Bertz CT molecular complexity index is 1540. The van der Waals surface area contributed by atoms with Crippen LogP contribution < -0.4 is 14.9 Å². The molecule has 5 atom stereocenters. The molecule has 3 aromatic carbocycles. The van der Waals surface area contributed by atoms with Crippen molar-refractivity contribution in [2.45, 2.75) is 44.4 Å². The number of aliphatic hydroxyl groups excluding tert-OH is 4. The van der Waals surface area contributed by atoms with Gasteiger partial charge in [-0.25, -0.2) is 0 Å². The van der Waals surface area contributed by atoms with E-state index in [0.717, 1.165) is 6.26 Å². The average Bonchev–Trinajstić information content (AvgIpc) is 3.07. The van der Waals surface area contributed by atoms with Gasteiger partial charge in [0, 0.05) is 17.9 Å². The van der Waals surface area contributed by atoms with Crippen LogP contribution in [0.4, 0.5) is 0 Å². The summed E-state index contributed by atoms with van der Waals surface area (Å²) in [5.41, 5.74) is 0.333. The SMILES string of the molecule is CC1C(O)OC(COc2cc(CCOc3ccc(/C=C/O)cc3O)cc3ccc(CC(=O)O)c(O)c3c2=O)C(O)C1O. The molecule has 1 heterocycles. The zero-order chi connectivity index (χ0) is 30.6. The molecule has 7 N–H and O–H groups in total. The van der Waals surface area contributed by atoms with Crippen LogP contribution in [0.15, 0.2) is 53.5 Å². The summed E-state index contributed by atoms with van der Waals surface area (Å²) in [6, 6.07) is 10.5. The second-order valence-electron chi connectivity index (χ2n) is 10.0. The van der Waals surface area contributed by atoms with E-state index in [4.69, 9.17) is 19.3 Å². The molecule has 3 aromatic rings. The number of aliphatic hydroxyl groups is 4. The second kappa shape index (κ2) is 13.1. The summed E-state index contributed by atoms with van der Waals surface area (Å²) in [6.07, 6.45) is -3.38. The van der Waals surface area contributed by atoms with Crippen LogP contribution in [0, 0.1) is 5.92 Å². The van der Waals surface area contributed by atoms with Crippen molar-refractivity contribution in [2.24, 2.45) is 5.92 Å². The van der Waals surface area contributed by atoms with E-state index >= 15 is 0 Å². The standard InChI is InChI=1S/C30H32O12/c1-15-26(35)29(38)23(42-30(15)39)14-41-22-12-17(7-9-40-21-5-2-16(6-8-31)11-20(21)32)10-18-3-4-19(13-24(33)34)27(36)25(18)28(22)37/h2-6,8,10-12,15,23,26,29-32,35-36,38-39H,7,9,13-14H2,1H3,(H,33,34)/b8-6+. The third-order valence-electron chi connectivity index (χ3n) is 7.08. The van der Waals surface area contributed by atoms with Gasteiger partial charge in [0.25, 0.3) is 0 Å². The highest BCUT2D eigenvalue weighted by Gasteiger charge is 2.41. The molecular weight excluding hydrogens is 552 g/mol. The Morgan fingerprint density at radius 1 is 1.00 bits per heavy atom. The molecule has 0 aliphatic carbocycles. The van der Waals surface area contributed by atoms with Gasteiger partial charge in [-0.3, -0.25) is 9.59 Å². The quantitative estimate of drug-likeness (QED) is 0.171. The minimum Gasteiger partial charge on any atom is -0.516 e. The summed E-state index contributed by atoms with van der Waals surface area (Å²) in [4.78, 5) is 24.9. The maximum absolute atomic E-state index is 13.6. The Kier molecular flexibility index (Phi) is 9.53. The number of fused-ring (bicyclic) bond motifs is 1. The second-order valence-corrected chi connectivity index (χ2v) is 10.0. The lowest BCUT2D eigenvalue weighted by molar-refractivity contribution is -0.264. The molecule has 1 aliphatic rings. The molecule has 42 heavy (non-hydrogen) atoms. The average molecular weight is 585 g/mol. The van der Waals surface area contributed by atoms with Gasteiger partial charge in [0.05, 0.1) is 30.8 Å². The highest BCUT2D eigenvalue weighted by atomic mass is 16.6. The minimum atomic E-state index is -1.41. The lowest BCUT2D eigenvalue weighted by Crippen LogP contribution is -2.55. The molecule has 0 spiro atoms. The number of carboxylic acid groups (broad SMARTS) is 1. The van der Waals surface area contributed by atoms with E-state index in [9.17, 15) is 40.2 Å². The number of aliphatic carboxylic acids is 1. The van der Waals surface area contributed by atoms with Gasteiger partial charge in [0.15, 0.2) is 23.5 Å². The van der Waals surface area contributed by atoms with Crippen molar-refractivity contribution in [3.63, 3.8) is 0 Å². The fourth-order valence-electron chi connectivity index (χ4n) is 4.68. The van der Waals surface area contributed by atoms with Gasteiger partial charge < -0.3 is 50.0 Å². The van der Waals surface area contributed by atoms with Gasteiger partial charge in [-0.15, -0.1) is 0 Å². The van der Waals surface area contributed by atoms with Gasteiger partial charge in [-0.05, 0) is 40.8 Å². The third kappa shape index (κ3) is 6.74. The van der Waals surface area contributed by atoms with Crippen molar-refractivity contribution < 1.29 is 54.8 Å². The molecule has 1 saturated heterocycles. The predicted molar refractivity (Wildman–Crippen MR) is 150 cm³/mol. The monoisotopic (exact) mass is 584 g/mol. The lowest BCUT2D eigenvalue weighted by Gasteiger charge is -2.39. The van der Waals surface area contributed by atoms with Crippen molar-refractivity contribution in [2.75, 3.05) is 13.2 Å². The van der Waals surface area contributed by atoms with Crippen molar-refractivity contribution in [3.05, 3.63) is 75.6 Å². The summed E-state index contributed by atoms with van der Waals surface area (Å²) in [6.45, 7) is 1.11. The summed E-state index contributed by atoms with van der Waals surface area (Å²) >= 11 is 0. The highest BCUT2D eigenvalue weighted by Crippen LogP contribution is 2.31. The van der Waals surface area contributed by atoms with Gasteiger partial charge in [-0.1, -0.05) is 31.2 Å². The van der Waals surface area contributed by atoms with Crippen LogP contribution in [0.5, 0.6) is 23.0 Å². The van der Waals surface area contributed by atoms with Gasteiger partial charge >= 0.3 is 5.97 Å². The molecule has 0 aromatic heterocycles. The Balaban J connectivity index is 1.66. The zero-order valence-corrected chi connectivity index (χ0v) is 22.6. The lowest BCUT2D eigenvalue weighted by atomic mass is 9.93. The molecule has 5 unspecified atom stereocenters. The van der Waals surface area contributed by atoms with Crippen LogP contribution in [0.1, 0.15) is 23.6 Å². The van der Waals surface area contributed by atoms with Gasteiger partial charge in [-0.2, -0.15) is 0 Å². The molecule has 4 rings (SSSR count). The number of hydrogen-bond acceptors (Lipinski definition) is 11. The topological polar surface area (TPSA) is 203 Å². The van der Waals surface area contributed by atoms with Crippen LogP contribution in [0.2, 0.25) is 0 Å². The van der Waals surface area contributed by atoms with Gasteiger partial charge in [0.1, 0.15) is 24.6 Å². The first-order chi connectivity index (χ1) is 20.0. The Morgan fingerprint density at radius 3 is 2.45 bits per heavy atom. The first kappa shape index (κ1) is 30.6. The molecule has 1 aliphatic heterocycles. The van der Waals surface area contributed by atoms with Crippen molar-refractivity contribution >= 4 is 22.8 Å². The van der Waals surface area contributed by atoms with E-state index in [1.807, 2.05) is 0 Å². The minimum absolute atomic E-state index is 0.0235. The fraction of sp³-hybridized carbons (Fsp3) is 0.333. The number of phenols is 2. The molecule has 0 amide bonds. The molecule has 0 radical (unpaired) electrons. The summed E-state index contributed by atoms with van der Waals surface area (Å²) < 4.78 is 16.8. The number of carbonyl (C=O) groups is 1. The van der Waals surface area contributed by atoms with Crippen molar-refractivity contribution in [1.29, 1.82) is 0 Å². The van der Waals surface area contributed by atoms with Crippen LogP contribution in [0.3, 0.4) is 0 Å². The number of aromatic hydroxyl groups is 2. The van der Waals surface area contributed by atoms with Crippen LogP contribution >= 0.6 is 0 Å². The molecule has 0 saturated carbocycles. The first-order valence-corrected chi connectivity index (χ1v) is 13.1. The van der Waals surface area contributed by atoms with Crippen LogP contribution in [-0.2, 0) is 22.4 Å². The highest BCUT2D eigenvalue weighted by molar-refractivity contribution is 5.91. The smallest absolute Gasteiger partial charge is 0.307 e. The number of rotatable bonds is 10. The van der Waals surface area contributed by atoms with Crippen molar-refractivity contribution in [1.82, 2.24) is 0 Å². The molecule has 12 nitrogen and oxygen atoms in total. The number of carboxylic acids is 1. The summed E-state index contributed by atoms with van der Waals surface area (Å²) in [5.74, 6) is -2.71. The fourth-order valence-corrected chi connectivity index (χ4v) is 4.68. The van der Waals surface area contributed by atoms with E-state index in [1.165, 1.54) is 43.3 Å². The Labute approximate surface area is 239 Å². The number of hydrogen-bond donors (Lipinski definition) is 7. The molecular formula is C30H32O12. The maximum Gasteiger partial charge on any atom is 0.307 e. The first-order valence-electron chi connectivity index (χ1n) is 13.1. The van der Waals surface area contributed by atoms with E-state index in [-0.39, 0.29) is 41.2 Å². The Hall–Kier alpha value is -4.36. The summed E-state index contributed by atoms with van der Waals surface area (Å²) in [5, 5.41) is 70.0. The normalized spacial score (nSPS) is 22.3. The zero-order valence-electron chi connectivity index (χ0n) is 22.6. The largest absolute Gasteiger partial charge is 0.516 e. The maximum atomic E-state index is 13.6. The predicted octanol–water partition coefficient (Wildman–Crippen LogP) is 1.84. The summed E-state index contributed by atoms with van der Waals surface area (Å²) in [7, 11) is 0. The molecule has 224 valence electrons. The van der Waals surface area contributed by atoms with Gasteiger partial charge in [0.2, 0.25) is 5.43 Å². The van der Waals surface area contributed by atoms with Crippen LogP contribution in [0.25, 0.3) is 16.8 Å². The van der Waals surface area contributed by atoms with E-state index in [2.05, 4.69) is 0 Å². The molecule has 0 bridgehead atoms. The number of ether oxygens (including phenoxy) is 3.